The number of carbonyl (C=O) groups is 1. The number of nitrogens with zero attached hydrogens (tertiary/aromatic N) is 3. The molecule has 134 valence electrons. The number of nitro benzene ring substituents is 3. The summed E-state index contributed by atoms with van der Waals surface area (Å²) in [4.78, 5) is 42.5. The molecule has 0 bridgehead atoms. The molecule has 26 heavy (non-hydrogen) atoms. The minimum absolute atomic E-state index is 0.0108. The molecule has 0 aliphatic rings. The molecule has 0 aromatic heterocycles. The second-order valence-electron chi connectivity index (χ2n) is 4.85. The zero-order valence-corrected chi connectivity index (χ0v) is 13.1. The van der Waals surface area contributed by atoms with Gasteiger partial charge in [-0.1, -0.05) is 0 Å². The maximum absolute atomic E-state index is 12.2. The number of ether oxygens (including phenoxy) is 1. The van der Waals surface area contributed by atoms with Crippen molar-refractivity contribution < 1.29 is 24.3 Å². The van der Waals surface area contributed by atoms with E-state index in [1.54, 1.807) is 0 Å². The van der Waals surface area contributed by atoms with E-state index in [0.717, 1.165) is 24.3 Å². The van der Waals surface area contributed by atoms with Crippen molar-refractivity contribution in [3.63, 3.8) is 0 Å². The Kier molecular flexibility index (Phi) is 5.06. The predicted octanol–water partition coefficient (Wildman–Crippen LogP) is 2.67. The quantitative estimate of drug-likeness (QED) is 0.604. The van der Waals surface area contributed by atoms with Gasteiger partial charge in [0.25, 0.3) is 17.3 Å². The molecule has 1 amide bonds. The standard InChI is InChI=1S/C14H10N4O8/c1-26-13-3-2-9(6-12(13)18(24)25)15-14(19)8-4-10(16(20)21)7-11(5-8)17(22)23/h2-7H,1H3,(H,15,19). The Bertz CT molecular complexity index is 895. The van der Waals surface area contributed by atoms with Crippen LogP contribution in [0.2, 0.25) is 0 Å². The third-order valence-corrected chi connectivity index (χ3v) is 3.22. The van der Waals surface area contributed by atoms with Crippen molar-refractivity contribution in [1.29, 1.82) is 0 Å². The number of anilines is 1. The van der Waals surface area contributed by atoms with Crippen molar-refractivity contribution in [3.8, 4) is 5.75 Å². The van der Waals surface area contributed by atoms with Gasteiger partial charge in [0, 0.05) is 23.9 Å². The van der Waals surface area contributed by atoms with Crippen LogP contribution in [0.15, 0.2) is 36.4 Å². The van der Waals surface area contributed by atoms with E-state index in [-0.39, 0.29) is 17.0 Å². The summed E-state index contributed by atoms with van der Waals surface area (Å²) in [5.74, 6) is -0.935. The molecule has 0 saturated heterocycles. The fourth-order valence-corrected chi connectivity index (χ4v) is 2.05. The summed E-state index contributed by atoms with van der Waals surface area (Å²) >= 11 is 0. The van der Waals surface area contributed by atoms with Crippen LogP contribution in [0, 0.1) is 30.3 Å². The predicted molar refractivity (Wildman–Crippen MR) is 87.4 cm³/mol. The average molecular weight is 362 g/mol. The first kappa shape index (κ1) is 18.3. The van der Waals surface area contributed by atoms with E-state index in [1.165, 1.54) is 19.2 Å². The lowest BCUT2D eigenvalue weighted by Gasteiger charge is -2.07. The Balaban J connectivity index is 2.38. The van der Waals surface area contributed by atoms with Gasteiger partial charge >= 0.3 is 5.69 Å². The number of amides is 1. The van der Waals surface area contributed by atoms with Crippen LogP contribution in [0.25, 0.3) is 0 Å². The normalized spacial score (nSPS) is 10.0. The first-order valence-electron chi connectivity index (χ1n) is 6.80. The maximum Gasteiger partial charge on any atom is 0.312 e. The Morgan fingerprint density at radius 1 is 0.923 bits per heavy atom. The Morgan fingerprint density at radius 3 is 1.96 bits per heavy atom. The topological polar surface area (TPSA) is 168 Å². The molecule has 2 aromatic carbocycles. The minimum atomic E-state index is -0.906. The van der Waals surface area contributed by atoms with Gasteiger partial charge in [0.1, 0.15) is 0 Å². The molecule has 12 nitrogen and oxygen atoms in total. The van der Waals surface area contributed by atoms with Gasteiger partial charge < -0.3 is 10.1 Å². The number of benzene rings is 2. The molecule has 0 spiro atoms. The number of methoxy groups -OCH3 is 1. The third kappa shape index (κ3) is 3.87. The van der Waals surface area contributed by atoms with E-state index in [1.807, 2.05) is 0 Å². The molecular formula is C14H10N4O8. The molecule has 0 radical (unpaired) electrons. The van der Waals surface area contributed by atoms with Gasteiger partial charge in [-0.15, -0.1) is 0 Å². The molecule has 12 heteroatoms. The largest absolute Gasteiger partial charge is 0.490 e. The number of non-ortho nitro benzene ring substituents is 2. The van der Waals surface area contributed by atoms with Gasteiger partial charge in [-0.3, -0.25) is 35.1 Å². The second kappa shape index (κ2) is 7.21. The van der Waals surface area contributed by atoms with Gasteiger partial charge in [-0.2, -0.15) is 0 Å². The van der Waals surface area contributed by atoms with Gasteiger partial charge in [-0.05, 0) is 12.1 Å². The van der Waals surface area contributed by atoms with E-state index < -0.39 is 37.7 Å². The Hall–Kier alpha value is -4.09. The second-order valence-corrected chi connectivity index (χ2v) is 4.85. The van der Waals surface area contributed by atoms with Crippen LogP contribution >= 0.6 is 0 Å². The minimum Gasteiger partial charge on any atom is -0.490 e. The highest BCUT2D eigenvalue weighted by atomic mass is 16.6. The van der Waals surface area contributed by atoms with Crippen LogP contribution in [0.4, 0.5) is 22.7 Å². The van der Waals surface area contributed by atoms with Gasteiger partial charge in [0.05, 0.1) is 33.5 Å². The summed E-state index contributed by atoms with van der Waals surface area (Å²) in [5, 5.41) is 35.0. The van der Waals surface area contributed by atoms with Crippen molar-refractivity contribution >= 4 is 28.7 Å². The van der Waals surface area contributed by atoms with Crippen LogP contribution in [0.1, 0.15) is 10.4 Å². The van der Waals surface area contributed by atoms with E-state index >= 15 is 0 Å². The zero-order chi connectivity index (χ0) is 19.4. The molecule has 0 aliphatic carbocycles. The van der Waals surface area contributed by atoms with Crippen molar-refractivity contribution in [2.24, 2.45) is 0 Å². The van der Waals surface area contributed by atoms with Gasteiger partial charge in [0.2, 0.25) is 0 Å². The summed E-state index contributed by atoms with van der Waals surface area (Å²) in [6.07, 6.45) is 0. The lowest BCUT2D eigenvalue weighted by molar-refractivity contribution is -0.394. The number of nitro groups is 3. The van der Waals surface area contributed by atoms with Crippen molar-refractivity contribution in [1.82, 2.24) is 0 Å². The van der Waals surface area contributed by atoms with E-state index in [9.17, 15) is 35.1 Å². The molecule has 1 N–H and O–H groups in total. The molecule has 2 rings (SSSR count). The highest BCUT2D eigenvalue weighted by molar-refractivity contribution is 6.05. The number of hydrogen-bond donors (Lipinski definition) is 1. The highest BCUT2D eigenvalue weighted by Gasteiger charge is 2.21. The Morgan fingerprint density at radius 2 is 1.50 bits per heavy atom. The number of hydrogen-bond acceptors (Lipinski definition) is 8. The molecule has 2 aromatic rings. The Labute approximate surface area is 144 Å². The lowest BCUT2D eigenvalue weighted by Crippen LogP contribution is -2.13. The van der Waals surface area contributed by atoms with Crippen LogP contribution < -0.4 is 10.1 Å². The highest BCUT2D eigenvalue weighted by Crippen LogP contribution is 2.30. The molecule has 0 atom stereocenters. The van der Waals surface area contributed by atoms with Crippen LogP contribution in [0.5, 0.6) is 5.75 Å². The summed E-state index contributed by atoms with van der Waals surface area (Å²) in [6, 6.07) is 6.04. The SMILES string of the molecule is COc1ccc(NC(=O)c2cc([N+](=O)[O-])cc([N+](=O)[O-])c2)cc1[N+](=O)[O-]. The monoisotopic (exact) mass is 362 g/mol. The number of carbonyl (C=O) groups excluding carboxylic acids is 1. The first-order chi connectivity index (χ1) is 12.2. The summed E-state index contributed by atoms with van der Waals surface area (Å²) in [6.45, 7) is 0. The summed E-state index contributed by atoms with van der Waals surface area (Å²) in [7, 11) is 1.24. The van der Waals surface area contributed by atoms with E-state index in [0.29, 0.717) is 0 Å². The number of nitrogens with one attached hydrogen (secondary N) is 1. The molecular weight excluding hydrogens is 352 g/mol. The van der Waals surface area contributed by atoms with E-state index in [4.69, 9.17) is 4.74 Å². The van der Waals surface area contributed by atoms with Crippen molar-refractivity contribution in [2.45, 2.75) is 0 Å². The van der Waals surface area contributed by atoms with E-state index in [2.05, 4.69) is 5.32 Å². The molecule has 0 fully saturated rings. The van der Waals surface area contributed by atoms with Crippen LogP contribution in [-0.2, 0) is 0 Å². The molecule has 0 aliphatic heterocycles. The molecule has 0 saturated carbocycles. The fraction of sp³-hybridized carbons (Fsp3) is 0.0714. The van der Waals surface area contributed by atoms with Gasteiger partial charge in [0.15, 0.2) is 5.75 Å². The number of rotatable bonds is 6. The van der Waals surface area contributed by atoms with Crippen LogP contribution in [-0.4, -0.2) is 27.8 Å². The molecule has 0 unspecified atom stereocenters. The van der Waals surface area contributed by atoms with Gasteiger partial charge in [-0.25, -0.2) is 0 Å². The summed E-state index contributed by atoms with van der Waals surface area (Å²) in [5.41, 5.74) is -2.01. The molecule has 0 heterocycles. The fourth-order valence-electron chi connectivity index (χ4n) is 2.05. The average Bonchev–Trinajstić information content (AvgIpc) is 2.60. The lowest BCUT2D eigenvalue weighted by atomic mass is 10.1. The summed E-state index contributed by atoms with van der Waals surface area (Å²) < 4.78 is 4.83. The first-order valence-corrected chi connectivity index (χ1v) is 6.80. The third-order valence-electron chi connectivity index (χ3n) is 3.22. The zero-order valence-electron chi connectivity index (χ0n) is 13.1. The maximum atomic E-state index is 12.2. The van der Waals surface area contributed by atoms with Crippen molar-refractivity contribution in [3.05, 3.63) is 72.3 Å². The van der Waals surface area contributed by atoms with Crippen LogP contribution in [0.3, 0.4) is 0 Å². The smallest absolute Gasteiger partial charge is 0.312 e. The van der Waals surface area contributed by atoms with Crippen molar-refractivity contribution in [2.75, 3.05) is 12.4 Å².